The quantitative estimate of drug-likeness (QED) is 0.898. The van der Waals surface area contributed by atoms with Gasteiger partial charge in [0.1, 0.15) is 6.10 Å². The Bertz CT molecular complexity index is 462. The van der Waals surface area contributed by atoms with Gasteiger partial charge in [0.2, 0.25) is 0 Å². The highest BCUT2D eigenvalue weighted by Crippen LogP contribution is 2.42. The lowest BCUT2D eigenvalue weighted by molar-refractivity contribution is 0.0245. The summed E-state index contributed by atoms with van der Waals surface area (Å²) in [5, 5.41) is 10.1. The zero-order valence-corrected chi connectivity index (χ0v) is 11.9. The number of hydrogen-bond donors (Lipinski definition) is 1. The van der Waals surface area contributed by atoms with E-state index < -0.39 is 5.60 Å². The van der Waals surface area contributed by atoms with E-state index in [-0.39, 0.29) is 6.10 Å². The van der Waals surface area contributed by atoms with Gasteiger partial charge in [-0.25, -0.2) is 0 Å². The summed E-state index contributed by atoms with van der Waals surface area (Å²) in [4.78, 5) is 0. The molecule has 4 nitrogen and oxygen atoms in total. The van der Waals surface area contributed by atoms with Crippen molar-refractivity contribution in [3.8, 4) is 11.5 Å². The van der Waals surface area contributed by atoms with E-state index in [0.29, 0.717) is 6.42 Å². The molecular weight excluding hydrogens is 256 g/mol. The van der Waals surface area contributed by atoms with Crippen LogP contribution < -0.4 is 9.47 Å². The van der Waals surface area contributed by atoms with E-state index in [4.69, 9.17) is 14.2 Å². The van der Waals surface area contributed by atoms with Crippen molar-refractivity contribution >= 4 is 0 Å². The van der Waals surface area contributed by atoms with E-state index in [0.717, 1.165) is 56.0 Å². The molecule has 110 valence electrons. The second kappa shape index (κ2) is 5.62. The normalized spacial score (nSPS) is 21.5. The van der Waals surface area contributed by atoms with Crippen LogP contribution in [0.2, 0.25) is 0 Å². The molecule has 4 heteroatoms. The average molecular weight is 278 g/mol. The highest BCUT2D eigenvalue weighted by atomic mass is 16.5. The molecule has 0 radical (unpaired) electrons. The molecule has 0 aromatic heterocycles. The highest BCUT2D eigenvalue weighted by molar-refractivity contribution is 5.47. The van der Waals surface area contributed by atoms with Gasteiger partial charge in [0, 0.05) is 24.8 Å². The van der Waals surface area contributed by atoms with Crippen LogP contribution >= 0.6 is 0 Å². The van der Waals surface area contributed by atoms with E-state index in [1.165, 1.54) is 0 Å². The Labute approximate surface area is 119 Å². The number of benzene rings is 1. The van der Waals surface area contributed by atoms with Crippen LogP contribution in [0.1, 0.15) is 31.2 Å². The lowest BCUT2D eigenvalue weighted by Crippen LogP contribution is -2.26. The minimum Gasteiger partial charge on any atom is -0.493 e. The van der Waals surface area contributed by atoms with E-state index in [1.54, 1.807) is 7.11 Å². The first-order chi connectivity index (χ1) is 9.70. The molecule has 2 fully saturated rings. The first-order valence-electron chi connectivity index (χ1n) is 7.33. The smallest absolute Gasteiger partial charge is 0.164 e. The number of para-hydroxylation sites is 1. The molecule has 0 atom stereocenters. The molecule has 1 heterocycles. The SMILES string of the molecule is COc1c(CC2(O)CC2)cccc1OC1CCOCC1. The van der Waals surface area contributed by atoms with Gasteiger partial charge in [-0.15, -0.1) is 0 Å². The molecule has 1 saturated heterocycles. The van der Waals surface area contributed by atoms with Crippen molar-refractivity contribution in [1.29, 1.82) is 0 Å². The second-order valence-electron chi connectivity index (χ2n) is 5.78. The van der Waals surface area contributed by atoms with Gasteiger partial charge >= 0.3 is 0 Å². The maximum atomic E-state index is 10.1. The van der Waals surface area contributed by atoms with Crippen LogP contribution in [-0.2, 0) is 11.2 Å². The Morgan fingerprint density at radius 3 is 2.70 bits per heavy atom. The van der Waals surface area contributed by atoms with Crippen LogP contribution in [0.25, 0.3) is 0 Å². The first-order valence-corrected chi connectivity index (χ1v) is 7.33. The van der Waals surface area contributed by atoms with Gasteiger partial charge in [0.05, 0.1) is 25.9 Å². The predicted octanol–water partition coefficient (Wildman–Crippen LogP) is 2.32. The third-order valence-corrected chi connectivity index (χ3v) is 4.07. The summed E-state index contributed by atoms with van der Waals surface area (Å²) in [5.74, 6) is 1.54. The van der Waals surface area contributed by atoms with Gasteiger partial charge in [-0.1, -0.05) is 12.1 Å². The van der Waals surface area contributed by atoms with Crippen molar-refractivity contribution in [3.05, 3.63) is 23.8 Å². The zero-order valence-electron chi connectivity index (χ0n) is 11.9. The van der Waals surface area contributed by atoms with E-state index in [1.807, 2.05) is 18.2 Å². The maximum Gasteiger partial charge on any atom is 0.164 e. The summed E-state index contributed by atoms with van der Waals surface area (Å²) in [6.45, 7) is 1.51. The number of aliphatic hydroxyl groups is 1. The molecule has 1 N–H and O–H groups in total. The molecule has 0 spiro atoms. The van der Waals surface area contributed by atoms with Gasteiger partial charge in [0.25, 0.3) is 0 Å². The van der Waals surface area contributed by atoms with Gasteiger partial charge in [0.15, 0.2) is 11.5 Å². The molecule has 3 rings (SSSR count). The van der Waals surface area contributed by atoms with Crippen LogP contribution in [-0.4, -0.2) is 37.1 Å². The van der Waals surface area contributed by atoms with E-state index >= 15 is 0 Å². The van der Waals surface area contributed by atoms with Crippen LogP contribution in [0.15, 0.2) is 18.2 Å². The standard InChI is InChI=1S/C16H22O4/c1-18-15-12(11-16(17)7-8-16)3-2-4-14(15)20-13-5-9-19-10-6-13/h2-4,13,17H,5-11H2,1H3. The molecular formula is C16H22O4. The summed E-state index contributed by atoms with van der Waals surface area (Å²) < 4.78 is 16.9. The average Bonchev–Trinajstić information content (AvgIpc) is 3.18. The first kappa shape index (κ1) is 13.7. The van der Waals surface area contributed by atoms with Gasteiger partial charge in [-0.05, 0) is 18.9 Å². The molecule has 20 heavy (non-hydrogen) atoms. The minimum absolute atomic E-state index is 0.192. The maximum absolute atomic E-state index is 10.1. The molecule has 1 aromatic rings. The molecule has 1 aliphatic carbocycles. The molecule has 2 aliphatic rings. The summed E-state index contributed by atoms with van der Waals surface area (Å²) >= 11 is 0. The van der Waals surface area contributed by atoms with Crippen LogP contribution in [0.5, 0.6) is 11.5 Å². The van der Waals surface area contributed by atoms with E-state index in [9.17, 15) is 5.11 Å². The topological polar surface area (TPSA) is 47.9 Å². The Morgan fingerprint density at radius 1 is 1.30 bits per heavy atom. The molecule has 1 aliphatic heterocycles. The van der Waals surface area contributed by atoms with Crippen molar-refractivity contribution in [2.45, 2.75) is 43.8 Å². The largest absolute Gasteiger partial charge is 0.493 e. The van der Waals surface area contributed by atoms with Crippen molar-refractivity contribution in [3.63, 3.8) is 0 Å². The Kier molecular flexibility index (Phi) is 3.85. The van der Waals surface area contributed by atoms with Crippen LogP contribution in [0, 0.1) is 0 Å². The zero-order chi connectivity index (χ0) is 14.0. The third kappa shape index (κ3) is 3.07. The summed E-state index contributed by atoms with van der Waals surface area (Å²) in [6.07, 6.45) is 4.41. The van der Waals surface area contributed by atoms with Gasteiger partial charge in [-0.3, -0.25) is 0 Å². The van der Waals surface area contributed by atoms with Crippen molar-refractivity contribution in [1.82, 2.24) is 0 Å². The van der Waals surface area contributed by atoms with Crippen molar-refractivity contribution < 1.29 is 19.3 Å². The number of hydrogen-bond acceptors (Lipinski definition) is 4. The Morgan fingerprint density at radius 2 is 2.05 bits per heavy atom. The molecule has 1 aromatic carbocycles. The molecule has 0 amide bonds. The second-order valence-corrected chi connectivity index (χ2v) is 5.78. The number of ether oxygens (including phenoxy) is 3. The monoisotopic (exact) mass is 278 g/mol. The fraction of sp³-hybridized carbons (Fsp3) is 0.625. The fourth-order valence-corrected chi connectivity index (χ4v) is 2.67. The van der Waals surface area contributed by atoms with Gasteiger partial charge in [-0.2, -0.15) is 0 Å². The third-order valence-electron chi connectivity index (χ3n) is 4.07. The number of methoxy groups -OCH3 is 1. The predicted molar refractivity (Wildman–Crippen MR) is 75.4 cm³/mol. The Hall–Kier alpha value is -1.26. The molecule has 0 unspecified atom stereocenters. The number of rotatable bonds is 5. The summed E-state index contributed by atoms with van der Waals surface area (Å²) in [5.41, 5.74) is 0.502. The summed E-state index contributed by atoms with van der Waals surface area (Å²) in [6, 6.07) is 5.92. The van der Waals surface area contributed by atoms with Crippen LogP contribution in [0.4, 0.5) is 0 Å². The highest BCUT2D eigenvalue weighted by Gasteiger charge is 2.41. The molecule has 1 saturated carbocycles. The van der Waals surface area contributed by atoms with E-state index in [2.05, 4.69) is 0 Å². The lowest BCUT2D eigenvalue weighted by atomic mass is 10.0. The van der Waals surface area contributed by atoms with Gasteiger partial charge < -0.3 is 19.3 Å². The minimum atomic E-state index is -0.523. The summed E-state index contributed by atoms with van der Waals surface area (Å²) in [7, 11) is 1.66. The fourth-order valence-electron chi connectivity index (χ4n) is 2.67. The molecule has 0 bridgehead atoms. The Balaban J connectivity index is 1.76. The van der Waals surface area contributed by atoms with Crippen LogP contribution in [0.3, 0.4) is 0 Å². The van der Waals surface area contributed by atoms with Crippen molar-refractivity contribution in [2.24, 2.45) is 0 Å². The lowest BCUT2D eigenvalue weighted by Gasteiger charge is -2.25. The van der Waals surface area contributed by atoms with Crippen molar-refractivity contribution in [2.75, 3.05) is 20.3 Å².